The number of amides is 1. The molecule has 12 heteroatoms. The lowest BCUT2D eigenvalue weighted by atomic mass is 9.92. The predicted octanol–water partition coefficient (Wildman–Crippen LogP) is -0.874. The Bertz CT molecular complexity index is 708. The molecule has 32 heavy (non-hydrogen) atoms. The molecule has 1 rings (SSSR count). The van der Waals surface area contributed by atoms with E-state index in [2.05, 4.69) is 17.2 Å². The van der Waals surface area contributed by atoms with Crippen molar-refractivity contribution in [3.63, 3.8) is 0 Å². The van der Waals surface area contributed by atoms with Gasteiger partial charge < -0.3 is 41.6 Å². The minimum atomic E-state index is -1.73. The number of nitrogens with one attached hydrogen (secondary N) is 1. The molecule has 5 atom stereocenters. The maximum absolute atomic E-state index is 11.9. The topological polar surface area (TPSA) is 207 Å². The van der Waals surface area contributed by atoms with Crippen molar-refractivity contribution in [2.75, 3.05) is 6.61 Å². The van der Waals surface area contributed by atoms with Crippen LogP contribution in [0.25, 0.3) is 0 Å². The normalized spacial score (nSPS) is 22.0. The van der Waals surface area contributed by atoms with E-state index in [0.29, 0.717) is 6.42 Å². The quantitative estimate of drug-likeness (QED) is 0.0869. The van der Waals surface area contributed by atoms with Crippen LogP contribution in [0.4, 0.5) is 0 Å². The highest BCUT2D eigenvalue weighted by atomic mass is 16.6. The highest BCUT2D eigenvalue weighted by Gasteiger charge is 2.44. The molecule has 1 amide bonds. The lowest BCUT2D eigenvalue weighted by molar-refractivity contribution is -0.156. The van der Waals surface area contributed by atoms with Crippen molar-refractivity contribution in [3.8, 4) is 0 Å². The highest BCUT2D eigenvalue weighted by Crippen LogP contribution is 2.25. The van der Waals surface area contributed by atoms with Gasteiger partial charge in [0.25, 0.3) is 0 Å². The Labute approximate surface area is 186 Å². The molecule has 0 saturated heterocycles. The van der Waals surface area contributed by atoms with Crippen LogP contribution in [0.15, 0.2) is 16.8 Å². The number of aliphatic imine (C=N–C) groups is 1. The van der Waals surface area contributed by atoms with E-state index >= 15 is 0 Å². The van der Waals surface area contributed by atoms with Crippen molar-refractivity contribution < 1.29 is 39.2 Å². The lowest BCUT2D eigenvalue weighted by Gasteiger charge is -2.38. The summed E-state index contributed by atoms with van der Waals surface area (Å²) in [5.74, 6) is -3.46. The fourth-order valence-electron chi connectivity index (χ4n) is 3.25. The monoisotopic (exact) mass is 458 g/mol. The van der Waals surface area contributed by atoms with Gasteiger partial charge in [0.2, 0.25) is 11.7 Å². The number of carbonyl (C=O) groups excluding carboxylic acids is 2. The van der Waals surface area contributed by atoms with Crippen molar-refractivity contribution in [1.29, 1.82) is 0 Å². The molecular weight excluding hydrogens is 424 g/mol. The number of guanidine groups is 1. The van der Waals surface area contributed by atoms with Gasteiger partial charge in [0.05, 0.1) is 12.1 Å². The molecule has 182 valence electrons. The van der Waals surface area contributed by atoms with Crippen molar-refractivity contribution >= 4 is 23.8 Å². The van der Waals surface area contributed by atoms with E-state index in [1.54, 1.807) is 0 Å². The fraction of sp³-hybridized carbons (Fsp3) is 0.700. The summed E-state index contributed by atoms with van der Waals surface area (Å²) in [4.78, 5) is 38.8. The van der Waals surface area contributed by atoms with Gasteiger partial charge in [-0.05, 0) is 12.5 Å². The second-order valence-corrected chi connectivity index (χ2v) is 7.59. The molecule has 0 aromatic rings. The maximum atomic E-state index is 11.9. The minimum Gasteiger partial charge on any atom is -0.478 e. The standard InChI is InChI=1S/C20H34N4O8/c1-3-4-5-6-7-8-15(27)31-10-13(26)17(28)18-16(23-11(2)25)12(24-20(21)22)9-14(32-18)19(29)30/h9,12-13,16-18,26,28H,3-8,10H2,1-2H3,(H,23,25)(H,29,30)(H4,21,22,24). The number of carboxylic acids is 1. The number of carboxylic acid groups (broad SMARTS) is 1. The number of aliphatic hydroxyl groups is 2. The van der Waals surface area contributed by atoms with Gasteiger partial charge in [0.1, 0.15) is 24.9 Å². The van der Waals surface area contributed by atoms with E-state index in [9.17, 15) is 29.7 Å². The molecule has 0 fully saturated rings. The summed E-state index contributed by atoms with van der Waals surface area (Å²) >= 11 is 0. The molecule has 0 bridgehead atoms. The number of nitrogens with zero attached hydrogens (tertiary/aromatic N) is 1. The van der Waals surface area contributed by atoms with E-state index in [-0.39, 0.29) is 12.4 Å². The van der Waals surface area contributed by atoms with Gasteiger partial charge in [0, 0.05) is 13.3 Å². The number of nitrogens with two attached hydrogens (primary N) is 2. The first-order valence-corrected chi connectivity index (χ1v) is 10.6. The summed E-state index contributed by atoms with van der Waals surface area (Å²) in [7, 11) is 0. The number of rotatable bonds is 13. The molecule has 8 N–H and O–H groups in total. The number of hydrogen-bond acceptors (Lipinski definition) is 8. The summed E-state index contributed by atoms with van der Waals surface area (Å²) < 4.78 is 10.3. The van der Waals surface area contributed by atoms with E-state index in [1.165, 1.54) is 6.92 Å². The van der Waals surface area contributed by atoms with Crippen molar-refractivity contribution in [3.05, 3.63) is 11.8 Å². The van der Waals surface area contributed by atoms with Gasteiger partial charge >= 0.3 is 11.9 Å². The van der Waals surface area contributed by atoms with Crippen LogP contribution in [0, 0.1) is 0 Å². The van der Waals surface area contributed by atoms with Crippen molar-refractivity contribution in [2.45, 2.75) is 82.8 Å². The van der Waals surface area contributed by atoms with Crippen molar-refractivity contribution in [2.24, 2.45) is 16.5 Å². The Hall–Kier alpha value is -2.86. The van der Waals surface area contributed by atoms with Crippen LogP contribution in [0.5, 0.6) is 0 Å². The zero-order valence-electron chi connectivity index (χ0n) is 18.4. The van der Waals surface area contributed by atoms with Gasteiger partial charge in [0.15, 0.2) is 5.96 Å². The first-order chi connectivity index (χ1) is 15.1. The smallest absolute Gasteiger partial charge is 0.370 e. The molecule has 0 aromatic carbocycles. The minimum absolute atomic E-state index is 0.180. The van der Waals surface area contributed by atoms with Crippen LogP contribution in [0.3, 0.4) is 0 Å². The second-order valence-electron chi connectivity index (χ2n) is 7.59. The summed E-state index contributed by atoms with van der Waals surface area (Å²) in [5.41, 5.74) is 10.8. The fourth-order valence-corrected chi connectivity index (χ4v) is 3.25. The second kappa shape index (κ2) is 13.5. The zero-order valence-corrected chi connectivity index (χ0v) is 18.4. The van der Waals surface area contributed by atoms with Crippen molar-refractivity contribution in [1.82, 2.24) is 5.32 Å². The Balaban J connectivity index is 2.85. The number of hydrogen-bond donors (Lipinski definition) is 6. The van der Waals surface area contributed by atoms with Gasteiger partial charge in [-0.2, -0.15) is 0 Å². The molecule has 0 spiro atoms. The summed E-state index contributed by atoms with van der Waals surface area (Å²) in [5, 5.41) is 32.7. The van der Waals surface area contributed by atoms with E-state index in [0.717, 1.165) is 31.8 Å². The molecule has 5 unspecified atom stereocenters. The number of esters is 1. The molecule has 0 radical (unpaired) electrons. The van der Waals surface area contributed by atoms with E-state index in [4.69, 9.17) is 20.9 Å². The summed E-state index contributed by atoms with van der Waals surface area (Å²) in [6.07, 6.45) is 1.20. The largest absolute Gasteiger partial charge is 0.478 e. The number of aliphatic hydroxyl groups excluding tert-OH is 2. The van der Waals surface area contributed by atoms with Crippen LogP contribution < -0.4 is 16.8 Å². The van der Waals surface area contributed by atoms with Gasteiger partial charge in [-0.15, -0.1) is 0 Å². The molecule has 0 aliphatic carbocycles. The Kier molecular flexibility index (Phi) is 11.5. The van der Waals surface area contributed by atoms with Gasteiger partial charge in [-0.1, -0.05) is 32.6 Å². The third-order valence-electron chi connectivity index (χ3n) is 4.82. The highest BCUT2D eigenvalue weighted by molar-refractivity contribution is 5.85. The zero-order chi connectivity index (χ0) is 24.3. The Morgan fingerprint density at radius 1 is 1.22 bits per heavy atom. The third kappa shape index (κ3) is 9.10. The molecule has 0 aromatic heterocycles. The van der Waals surface area contributed by atoms with Crippen LogP contribution in [0.1, 0.15) is 52.4 Å². The molecule has 0 saturated carbocycles. The maximum Gasteiger partial charge on any atom is 0.370 e. The number of carbonyl (C=O) groups is 3. The number of unbranched alkanes of at least 4 members (excludes halogenated alkanes) is 4. The number of aliphatic carboxylic acids is 1. The first kappa shape index (κ1) is 27.2. The molecular formula is C20H34N4O8. The average molecular weight is 459 g/mol. The summed E-state index contributed by atoms with van der Waals surface area (Å²) in [6, 6.07) is -2.18. The first-order valence-electron chi connectivity index (χ1n) is 10.6. The van der Waals surface area contributed by atoms with Crippen LogP contribution in [-0.2, 0) is 23.9 Å². The van der Waals surface area contributed by atoms with Crippen LogP contribution in [0.2, 0.25) is 0 Å². The predicted molar refractivity (Wildman–Crippen MR) is 114 cm³/mol. The molecule has 1 aliphatic heterocycles. The van der Waals surface area contributed by atoms with Crippen LogP contribution >= 0.6 is 0 Å². The number of ether oxygens (including phenoxy) is 2. The Morgan fingerprint density at radius 2 is 1.88 bits per heavy atom. The molecule has 12 nitrogen and oxygen atoms in total. The van der Waals surface area contributed by atoms with E-state index in [1.807, 2.05) is 0 Å². The Morgan fingerprint density at radius 3 is 2.44 bits per heavy atom. The molecule has 1 aliphatic rings. The van der Waals surface area contributed by atoms with E-state index < -0.39 is 60.6 Å². The third-order valence-corrected chi connectivity index (χ3v) is 4.82. The van der Waals surface area contributed by atoms with Gasteiger partial charge in [-0.3, -0.25) is 9.59 Å². The molecule has 1 heterocycles. The average Bonchev–Trinajstić information content (AvgIpc) is 2.71. The summed E-state index contributed by atoms with van der Waals surface area (Å²) in [6.45, 7) is 2.74. The SMILES string of the molecule is CCCCCCCC(=O)OCC(O)C(O)C1OC(C(=O)O)=CC(N=C(N)N)C1NC(C)=O. The van der Waals surface area contributed by atoms with Gasteiger partial charge in [-0.25, -0.2) is 9.79 Å². The lowest BCUT2D eigenvalue weighted by Crippen LogP contribution is -2.60. The van der Waals surface area contributed by atoms with Crippen LogP contribution in [-0.4, -0.2) is 76.1 Å².